The number of likely N-dealkylation sites (tertiary alicyclic amines) is 1. The summed E-state index contributed by atoms with van der Waals surface area (Å²) in [7, 11) is -10.2. The van der Waals surface area contributed by atoms with Crippen molar-refractivity contribution < 1.29 is 47.3 Å². The predicted octanol–water partition coefficient (Wildman–Crippen LogP) is 5.95. The largest absolute Gasteiger partial charge is 0.388 e. The van der Waals surface area contributed by atoms with Gasteiger partial charge in [-0.15, -0.1) is 0 Å². The minimum absolute atomic E-state index is 0.00181. The van der Waals surface area contributed by atoms with Crippen LogP contribution in [0.15, 0.2) is 47.6 Å². The molecular formula is C26H27F8N5O3S. The van der Waals surface area contributed by atoms with Crippen molar-refractivity contribution in [2.45, 2.75) is 73.6 Å². The number of aromatic nitrogens is 1. The number of β-amino-alcohol motifs (C(OH)–C–C–N with tert-alkyl or cyclic N) is 1. The summed E-state index contributed by atoms with van der Waals surface area (Å²) in [5, 5.41) is 22.6. The van der Waals surface area contributed by atoms with E-state index in [1.54, 1.807) is 6.19 Å². The molecule has 1 aliphatic heterocycles. The highest BCUT2D eigenvalue weighted by atomic mass is 32.5. The molecule has 4 rings (SSSR count). The molecule has 17 heteroatoms. The van der Waals surface area contributed by atoms with Crippen molar-refractivity contribution in [3.8, 4) is 6.19 Å². The normalized spacial score (nSPS) is 24.8. The Morgan fingerprint density at radius 3 is 2.28 bits per heavy atom. The molecule has 0 spiro atoms. The zero-order chi connectivity index (χ0) is 32.1. The van der Waals surface area contributed by atoms with Crippen LogP contribution >= 0.6 is 10.2 Å². The number of nitrogens with one attached hydrogen (secondary N) is 1. The van der Waals surface area contributed by atoms with E-state index < -0.39 is 86.5 Å². The average molecular weight is 642 g/mol. The Balaban J connectivity index is 1.84. The van der Waals surface area contributed by atoms with Crippen molar-refractivity contribution in [1.29, 1.82) is 5.26 Å². The highest BCUT2D eigenvalue weighted by Crippen LogP contribution is 3.02. The molecule has 236 valence electrons. The summed E-state index contributed by atoms with van der Waals surface area (Å²) in [4.78, 5) is 30.7. The third-order valence-electron chi connectivity index (χ3n) is 7.39. The molecule has 1 saturated carbocycles. The summed E-state index contributed by atoms with van der Waals surface area (Å²) in [6.07, 6.45) is 1.70. The molecule has 43 heavy (non-hydrogen) atoms. The summed E-state index contributed by atoms with van der Waals surface area (Å²) in [6, 6.07) is -2.57. The second-order valence-corrected chi connectivity index (χ2v) is 13.5. The molecule has 2 amide bonds. The van der Waals surface area contributed by atoms with E-state index in [9.17, 15) is 48.2 Å². The Morgan fingerprint density at radius 1 is 1.14 bits per heavy atom. The van der Waals surface area contributed by atoms with Crippen molar-refractivity contribution in [2.24, 2.45) is 0 Å². The first kappa shape index (κ1) is 32.3. The van der Waals surface area contributed by atoms with Gasteiger partial charge in [-0.3, -0.25) is 24.4 Å². The molecule has 1 aliphatic carbocycles. The maximum absolute atomic E-state index is 15.2. The van der Waals surface area contributed by atoms with Gasteiger partial charge in [0.05, 0.1) is 12.1 Å². The third kappa shape index (κ3) is 7.29. The van der Waals surface area contributed by atoms with E-state index in [1.165, 1.54) is 6.92 Å². The smallest absolute Gasteiger partial charge is 0.310 e. The van der Waals surface area contributed by atoms with Crippen LogP contribution in [0.1, 0.15) is 50.6 Å². The lowest BCUT2D eigenvalue weighted by Gasteiger charge is -2.41. The molecule has 2 aliphatic rings. The van der Waals surface area contributed by atoms with E-state index >= 15 is 4.39 Å². The first-order valence-corrected chi connectivity index (χ1v) is 14.9. The summed E-state index contributed by atoms with van der Waals surface area (Å²) in [5.74, 6) is -6.33. The van der Waals surface area contributed by atoms with Gasteiger partial charge in [-0.25, -0.2) is 13.2 Å². The highest BCUT2D eigenvalue weighted by Gasteiger charge is 2.65. The SMILES string of the molecule is CC1(O)CC(C(=O)N(c2ccc(S(F)(F)(F)(F)F)cc2)C(C(=O)NC2CCC(F)(F)CC2)c2cnccc2F)N(C#N)C1. The molecule has 2 aromatic rings. The second-order valence-electron chi connectivity index (χ2n) is 11.1. The second kappa shape index (κ2) is 10.2. The number of pyridine rings is 1. The summed E-state index contributed by atoms with van der Waals surface area (Å²) in [6.45, 7) is 0.966. The van der Waals surface area contributed by atoms with Gasteiger partial charge in [0.2, 0.25) is 11.8 Å². The van der Waals surface area contributed by atoms with Gasteiger partial charge < -0.3 is 10.4 Å². The molecule has 3 unspecified atom stereocenters. The van der Waals surface area contributed by atoms with Gasteiger partial charge in [0.1, 0.15) is 22.8 Å². The zero-order valence-electron chi connectivity index (χ0n) is 22.5. The molecule has 2 fully saturated rings. The lowest BCUT2D eigenvalue weighted by molar-refractivity contribution is -0.129. The van der Waals surface area contributed by atoms with Crippen molar-refractivity contribution >= 4 is 27.7 Å². The van der Waals surface area contributed by atoms with Gasteiger partial charge in [-0.05, 0) is 50.1 Å². The number of nitrogens with zero attached hydrogens (tertiary/aromatic N) is 4. The van der Waals surface area contributed by atoms with Crippen molar-refractivity contribution in [1.82, 2.24) is 15.2 Å². The number of halogens is 8. The van der Waals surface area contributed by atoms with Crippen LogP contribution in [0.4, 0.5) is 38.3 Å². The number of benzene rings is 1. The van der Waals surface area contributed by atoms with Crippen molar-refractivity contribution in [2.75, 3.05) is 11.4 Å². The van der Waals surface area contributed by atoms with Gasteiger partial charge in [-0.2, -0.15) is 5.26 Å². The molecule has 1 saturated heterocycles. The van der Waals surface area contributed by atoms with Crippen LogP contribution in [-0.2, 0) is 9.59 Å². The lowest BCUT2D eigenvalue weighted by Crippen LogP contribution is -2.52. The number of carbonyl (C=O) groups excluding carboxylic acids is 2. The number of hydrogen-bond acceptors (Lipinski definition) is 6. The van der Waals surface area contributed by atoms with Crippen molar-refractivity contribution in [3.05, 3.63) is 54.1 Å². The van der Waals surface area contributed by atoms with Crippen LogP contribution < -0.4 is 10.2 Å². The molecule has 0 bridgehead atoms. The number of alkyl halides is 2. The molecule has 2 heterocycles. The van der Waals surface area contributed by atoms with Crippen LogP contribution in [0.5, 0.6) is 0 Å². The monoisotopic (exact) mass is 641 g/mol. The fourth-order valence-electron chi connectivity index (χ4n) is 5.28. The lowest BCUT2D eigenvalue weighted by atomic mass is 9.91. The quantitative estimate of drug-likeness (QED) is 0.286. The molecule has 1 aromatic heterocycles. The van der Waals surface area contributed by atoms with Crippen LogP contribution in [0, 0.1) is 17.3 Å². The number of hydrogen-bond donors (Lipinski definition) is 2. The van der Waals surface area contributed by atoms with E-state index in [-0.39, 0.29) is 37.9 Å². The Kier molecular flexibility index (Phi) is 7.67. The predicted molar refractivity (Wildman–Crippen MR) is 139 cm³/mol. The average Bonchev–Trinajstić information content (AvgIpc) is 3.22. The Hall–Kier alpha value is -3.65. The number of aliphatic hydroxyl groups is 1. The fraction of sp³-hybridized carbons (Fsp3) is 0.462. The topological polar surface area (TPSA) is 110 Å². The fourth-order valence-corrected chi connectivity index (χ4v) is 5.93. The van der Waals surface area contributed by atoms with E-state index in [0.717, 1.165) is 23.4 Å². The summed E-state index contributed by atoms with van der Waals surface area (Å²) >= 11 is 0. The van der Waals surface area contributed by atoms with Gasteiger partial charge in [0, 0.05) is 48.9 Å². The minimum atomic E-state index is -10.2. The van der Waals surface area contributed by atoms with Crippen LogP contribution in [0.3, 0.4) is 0 Å². The number of rotatable bonds is 7. The van der Waals surface area contributed by atoms with E-state index in [1.807, 2.05) is 0 Å². The van der Waals surface area contributed by atoms with Gasteiger partial charge >= 0.3 is 10.2 Å². The maximum atomic E-state index is 15.2. The van der Waals surface area contributed by atoms with E-state index in [0.29, 0.717) is 17.0 Å². The van der Waals surface area contributed by atoms with Gasteiger partial charge in [-0.1, -0.05) is 19.4 Å². The Morgan fingerprint density at radius 2 is 1.74 bits per heavy atom. The summed E-state index contributed by atoms with van der Waals surface area (Å²) in [5.41, 5.74) is -2.71. The molecule has 8 nitrogen and oxygen atoms in total. The third-order valence-corrected chi connectivity index (χ3v) is 8.56. The molecular weight excluding hydrogens is 614 g/mol. The number of anilines is 1. The maximum Gasteiger partial charge on any atom is 0.310 e. The molecule has 3 atom stereocenters. The molecule has 2 N–H and O–H groups in total. The standard InChI is InChI=1S/C26H27F8N5O3S/c1-25(42)12-21(38(14-25)15-35)24(41)39(17-2-4-18(5-3-17)43(30,31,32,33)34)22(19-13-36-11-8-20(19)27)23(40)37-16-6-9-26(28,29)10-7-16/h2-5,8,11,13,16,21-22,42H,6-7,9-10,12,14H2,1H3,(H,37,40). The van der Waals surface area contributed by atoms with Crippen LogP contribution in [0.25, 0.3) is 0 Å². The summed E-state index contributed by atoms with van der Waals surface area (Å²) < 4.78 is 110. The first-order valence-electron chi connectivity index (χ1n) is 12.9. The molecule has 0 radical (unpaired) electrons. The minimum Gasteiger partial charge on any atom is -0.388 e. The Bertz CT molecular complexity index is 1440. The van der Waals surface area contributed by atoms with Crippen LogP contribution in [0.2, 0.25) is 0 Å². The first-order chi connectivity index (χ1) is 19.6. The zero-order valence-corrected chi connectivity index (χ0v) is 23.3. The van der Waals surface area contributed by atoms with E-state index in [2.05, 4.69) is 10.3 Å². The van der Waals surface area contributed by atoms with Crippen molar-refractivity contribution in [3.63, 3.8) is 0 Å². The van der Waals surface area contributed by atoms with Gasteiger partial charge in [0.25, 0.3) is 5.91 Å². The van der Waals surface area contributed by atoms with E-state index in [4.69, 9.17) is 0 Å². The Labute approximate surface area is 241 Å². The highest BCUT2D eigenvalue weighted by molar-refractivity contribution is 8.45. The van der Waals surface area contributed by atoms with Crippen LogP contribution in [-0.4, -0.2) is 57.0 Å². The number of nitriles is 1. The molecule has 1 aromatic carbocycles. The number of carbonyl (C=O) groups is 2. The van der Waals surface area contributed by atoms with Gasteiger partial charge in [0.15, 0.2) is 6.19 Å². The number of amides is 2.